The van der Waals surface area contributed by atoms with Gasteiger partial charge < -0.3 is 13.9 Å². The van der Waals surface area contributed by atoms with Crippen molar-refractivity contribution in [2.24, 2.45) is 0 Å². The Morgan fingerprint density at radius 3 is 2.50 bits per heavy atom. The summed E-state index contributed by atoms with van der Waals surface area (Å²) >= 11 is 0. The quantitative estimate of drug-likeness (QED) is 0.691. The molecule has 0 aromatic carbocycles. The van der Waals surface area contributed by atoms with E-state index in [1.807, 2.05) is 6.92 Å². The van der Waals surface area contributed by atoms with E-state index >= 15 is 0 Å². The maximum Gasteiger partial charge on any atom is 0.106 e. The van der Waals surface area contributed by atoms with Crippen LogP contribution >= 0.6 is 0 Å². The van der Waals surface area contributed by atoms with Gasteiger partial charge in [0.25, 0.3) is 0 Å². The van der Waals surface area contributed by atoms with Crippen LogP contribution in [0.5, 0.6) is 0 Å². The lowest BCUT2D eigenvalue weighted by Gasteiger charge is -2.00. The van der Waals surface area contributed by atoms with Crippen molar-refractivity contribution in [3.05, 3.63) is 23.2 Å². The van der Waals surface area contributed by atoms with Crippen LogP contribution in [0.2, 0.25) is 0 Å². The highest BCUT2D eigenvalue weighted by atomic mass is 16.5. The fourth-order valence-corrected chi connectivity index (χ4v) is 1.14. The van der Waals surface area contributed by atoms with Crippen molar-refractivity contribution >= 4 is 0 Å². The zero-order valence-corrected chi connectivity index (χ0v) is 7.72. The van der Waals surface area contributed by atoms with E-state index in [1.165, 1.54) is 0 Å². The van der Waals surface area contributed by atoms with Gasteiger partial charge in [-0.3, -0.25) is 0 Å². The van der Waals surface area contributed by atoms with Crippen LogP contribution in [0.1, 0.15) is 16.9 Å². The highest BCUT2D eigenvalue weighted by Gasteiger charge is 2.08. The Morgan fingerprint density at radius 2 is 1.92 bits per heavy atom. The first kappa shape index (κ1) is 9.29. The van der Waals surface area contributed by atoms with Gasteiger partial charge in [-0.1, -0.05) is 0 Å². The summed E-state index contributed by atoms with van der Waals surface area (Å²) in [6, 6.07) is 0. The molecule has 0 aliphatic heterocycles. The molecule has 0 unspecified atom stereocenters. The second-order valence-corrected chi connectivity index (χ2v) is 2.66. The van der Waals surface area contributed by atoms with Crippen LogP contribution in [0.25, 0.3) is 0 Å². The molecule has 1 heterocycles. The molecule has 12 heavy (non-hydrogen) atoms. The Labute approximate surface area is 72.3 Å². The number of ether oxygens (including phenoxy) is 2. The van der Waals surface area contributed by atoms with Gasteiger partial charge in [0.1, 0.15) is 5.76 Å². The van der Waals surface area contributed by atoms with Gasteiger partial charge >= 0.3 is 0 Å². The predicted octanol–water partition coefficient (Wildman–Crippen LogP) is 1.88. The number of hydrogen-bond acceptors (Lipinski definition) is 3. The van der Waals surface area contributed by atoms with Crippen molar-refractivity contribution < 1.29 is 13.9 Å². The molecule has 3 nitrogen and oxygen atoms in total. The second kappa shape index (κ2) is 4.28. The maximum absolute atomic E-state index is 5.24. The van der Waals surface area contributed by atoms with Gasteiger partial charge in [-0.25, -0.2) is 0 Å². The van der Waals surface area contributed by atoms with Crippen molar-refractivity contribution in [2.45, 2.75) is 20.1 Å². The summed E-state index contributed by atoms with van der Waals surface area (Å²) in [7, 11) is 3.34. The summed E-state index contributed by atoms with van der Waals surface area (Å²) in [5.74, 6) is 0.906. The lowest BCUT2D eigenvalue weighted by molar-refractivity contribution is 0.168. The Bertz CT molecular complexity index is 240. The van der Waals surface area contributed by atoms with Gasteiger partial charge in [-0.15, -0.1) is 0 Å². The SMILES string of the molecule is COCc1coc(C)c1COC. The van der Waals surface area contributed by atoms with Gasteiger partial charge in [-0.05, 0) is 6.92 Å². The van der Waals surface area contributed by atoms with E-state index in [0.29, 0.717) is 13.2 Å². The molecule has 0 saturated carbocycles. The van der Waals surface area contributed by atoms with E-state index < -0.39 is 0 Å². The number of aryl methyl sites for hydroxylation is 1. The average Bonchev–Trinajstić information content (AvgIpc) is 2.37. The molecule has 1 aromatic heterocycles. The summed E-state index contributed by atoms with van der Waals surface area (Å²) in [6.07, 6.45) is 1.72. The van der Waals surface area contributed by atoms with Crippen LogP contribution in [0, 0.1) is 6.92 Å². The summed E-state index contributed by atoms with van der Waals surface area (Å²) in [6.45, 7) is 3.09. The molecule has 0 radical (unpaired) electrons. The summed E-state index contributed by atoms with van der Waals surface area (Å²) in [5.41, 5.74) is 2.16. The van der Waals surface area contributed by atoms with Crippen LogP contribution in [-0.4, -0.2) is 14.2 Å². The highest BCUT2D eigenvalue weighted by Crippen LogP contribution is 2.17. The molecule has 0 aliphatic carbocycles. The van der Waals surface area contributed by atoms with Crippen LogP contribution in [0.15, 0.2) is 10.7 Å². The van der Waals surface area contributed by atoms with Crippen LogP contribution in [0.4, 0.5) is 0 Å². The third-order valence-corrected chi connectivity index (χ3v) is 1.78. The molecular formula is C9H14O3. The van der Waals surface area contributed by atoms with E-state index in [4.69, 9.17) is 13.9 Å². The van der Waals surface area contributed by atoms with Crippen molar-refractivity contribution in [2.75, 3.05) is 14.2 Å². The van der Waals surface area contributed by atoms with Gasteiger partial charge in [-0.2, -0.15) is 0 Å². The molecule has 0 spiro atoms. The van der Waals surface area contributed by atoms with E-state index in [2.05, 4.69) is 0 Å². The standard InChI is InChI=1S/C9H14O3/c1-7-9(6-11-3)8(4-10-2)5-12-7/h5H,4,6H2,1-3H3. The smallest absolute Gasteiger partial charge is 0.106 e. The Morgan fingerprint density at radius 1 is 1.25 bits per heavy atom. The predicted molar refractivity (Wildman–Crippen MR) is 44.9 cm³/mol. The normalized spacial score (nSPS) is 10.6. The molecule has 0 fully saturated rings. The second-order valence-electron chi connectivity index (χ2n) is 2.66. The number of hydrogen-bond donors (Lipinski definition) is 0. The number of furan rings is 1. The topological polar surface area (TPSA) is 31.6 Å². The first-order valence-electron chi connectivity index (χ1n) is 3.83. The molecule has 0 atom stereocenters. The lowest BCUT2D eigenvalue weighted by atomic mass is 10.2. The Hall–Kier alpha value is -0.800. The monoisotopic (exact) mass is 170 g/mol. The fourth-order valence-electron chi connectivity index (χ4n) is 1.14. The third kappa shape index (κ3) is 1.87. The van der Waals surface area contributed by atoms with Crippen LogP contribution < -0.4 is 0 Å². The number of methoxy groups -OCH3 is 2. The van der Waals surface area contributed by atoms with E-state index in [-0.39, 0.29) is 0 Å². The van der Waals surface area contributed by atoms with Gasteiger partial charge in [0.2, 0.25) is 0 Å². The lowest BCUT2D eigenvalue weighted by Crippen LogP contribution is -1.94. The number of rotatable bonds is 4. The van der Waals surface area contributed by atoms with Crippen molar-refractivity contribution in [3.63, 3.8) is 0 Å². The largest absolute Gasteiger partial charge is 0.469 e. The van der Waals surface area contributed by atoms with Crippen molar-refractivity contribution in [1.29, 1.82) is 0 Å². The molecular weight excluding hydrogens is 156 g/mol. The molecule has 0 aliphatic rings. The minimum Gasteiger partial charge on any atom is -0.469 e. The molecule has 1 aromatic rings. The van der Waals surface area contributed by atoms with E-state index in [0.717, 1.165) is 16.9 Å². The molecule has 0 bridgehead atoms. The molecule has 0 amide bonds. The first-order valence-corrected chi connectivity index (χ1v) is 3.83. The van der Waals surface area contributed by atoms with Gasteiger partial charge in [0, 0.05) is 25.3 Å². The highest BCUT2D eigenvalue weighted by molar-refractivity contribution is 5.25. The van der Waals surface area contributed by atoms with E-state index in [1.54, 1.807) is 20.5 Å². The summed E-state index contributed by atoms with van der Waals surface area (Å²) in [5, 5.41) is 0. The minimum absolute atomic E-state index is 0.579. The first-order chi connectivity index (χ1) is 5.79. The third-order valence-electron chi connectivity index (χ3n) is 1.78. The zero-order chi connectivity index (χ0) is 8.97. The zero-order valence-electron chi connectivity index (χ0n) is 7.72. The Kier molecular flexibility index (Phi) is 3.31. The summed E-state index contributed by atoms with van der Waals surface area (Å²) < 4.78 is 15.3. The van der Waals surface area contributed by atoms with Gasteiger partial charge in [0.15, 0.2) is 0 Å². The van der Waals surface area contributed by atoms with E-state index in [9.17, 15) is 0 Å². The minimum atomic E-state index is 0.579. The van der Waals surface area contributed by atoms with Crippen LogP contribution in [-0.2, 0) is 22.7 Å². The van der Waals surface area contributed by atoms with Crippen LogP contribution in [0.3, 0.4) is 0 Å². The molecule has 0 N–H and O–H groups in total. The summed E-state index contributed by atoms with van der Waals surface area (Å²) in [4.78, 5) is 0. The molecule has 0 saturated heterocycles. The van der Waals surface area contributed by atoms with Crippen molar-refractivity contribution in [1.82, 2.24) is 0 Å². The molecule has 1 rings (SSSR count). The average molecular weight is 170 g/mol. The fraction of sp³-hybridized carbons (Fsp3) is 0.556. The van der Waals surface area contributed by atoms with Gasteiger partial charge in [0.05, 0.1) is 19.5 Å². The molecule has 3 heteroatoms. The Balaban J connectivity index is 2.80. The molecule has 68 valence electrons. The maximum atomic E-state index is 5.24. The van der Waals surface area contributed by atoms with Crippen molar-refractivity contribution in [3.8, 4) is 0 Å².